The maximum absolute atomic E-state index is 10.9. The Labute approximate surface area is 117 Å². The van der Waals surface area contributed by atoms with E-state index in [1.165, 1.54) is 6.08 Å². The van der Waals surface area contributed by atoms with Gasteiger partial charge in [0, 0.05) is 0 Å². The second-order valence-corrected chi connectivity index (χ2v) is 4.14. The highest BCUT2D eigenvalue weighted by atomic mass is 16.4. The van der Waals surface area contributed by atoms with E-state index in [2.05, 4.69) is 13.2 Å². The third-order valence-electron chi connectivity index (χ3n) is 2.78. The molecule has 0 amide bonds. The lowest BCUT2D eigenvalue weighted by Gasteiger charge is -2.10. The fourth-order valence-electron chi connectivity index (χ4n) is 1.90. The largest absolute Gasteiger partial charge is 0.477 e. The molecule has 4 heteroatoms. The smallest absolute Gasteiger partial charge is 0.343 e. The van der Waals surface area contributed by atoms with E-state index in [1.54, 1.807) is 24.3 Å². The first-order chi connectivity index (χ1) is 9.51. The molecule has 2 N–H and O–H groups in total. The molecule has 1 rings (SSSR count). The zero-order chi connectivity index (χ0) is 15.1. The first kappa shape index (κ1) is 15.4. The van der Waals surface area contributed by atoms with Gasteiger partial charge in [-0.15, -0.1) is 13.2 Å². The molecule has 0 fully saturated rings. The SMILES string of the molecule is C=CCc1cccc(C=C(C(=O)O)C(=O)O)c1CC=C. The monoisotopic (exact) mass is 272 g/mol. The van der Waals surface area contributed by atoms with E-state index < -0.39 is 17.5 Å². The number of carbonyl (C=O) groups is 2. The lowest BCUT2D eigenvalue weighted by molar-refractivity contribution is -0.139. The molecule has 0 spiro atoms. The predicted molar refractivity (Wildman–Crippen MR) is 77.5 cm³/mol. The molecule has 4 nitrogen and oxygen atoms in total. The summed E-state index contributed by atoms with van der Waals surface area (Å²) in [6.45, 7) is 7.34. The fraction of sp³-hybridized carbons (Fsp3) is 0.125. The summed E-state index contributed by atoms with van der Waals surface area (Å²) in [6.07, 6.45) is 5.77. The summed E-state index contributed by atoms with van der Waals surface area (Å²) < 4.78 is 0. The minimum absolute atomic E-state index is 0.530. The minimum atomic E-state index is -1.46. The summed E-state index contributed by atoms with van der Waals surface area (Å²) in [5, 5.41) is 17.8. The van der Waals surface area contributed by atoms with Gasteiger partial charge in [-0.05, 0) is 35.6 Å². The third-order valence-corrected chi connectivity index (χ3v) is 2.78. The van der Waals surface area contributed by atoms with Crippen LogP contribution in [0, 0.1) is 0 Å². The molecular formula is C16H16O4. The van der Waals surface area contributed by atoms with Crippen molar-refractivity contribution in [2.45, 2.75) is 12.8 Å². The average molecular weight is 272 g/mol. The Morgan fingerprint density at radius 1 is 1.05 bits per heavy atom. The molecule has 104 valence electrons. The molecule has 0 atom stereocenters. The fourth-order valence-corrected chi connectivity index (χ4v) is 1.90. The quantitative estimate of drug-likeness (QED) is 0.346. The van der Waals surface area contributed by atoms with E-state index in [9.17, 15) is 9.59 Å². The first-order valence-electron chi connectivity index (χ1n) is 6.02. The summed E-state index contributed by atoms with van der Waals surface area (Å²) in [6, 6.07) is 5.36. The first-order valence-corrected chi connectivity index (χ1v) is 6.02. The number of carboxylic acid groups (broad SMARTS) is 2. The van der Waals surface area contributed by atoms with Gasteiger partial charge in [0.15, 0.2) is 0 Å². The number of hydrogen-bond donors (Lipinski definition) is 2. The summed E-state index contributed by atoms with van der Waals surface area (Å²) >= 11 is 0. The second kappa shape index (κ2) is 7.09. The molecule has 0 saturated carbocycles. The van der Waals surface area contributed by atoms with Crippen molar-refractivity contribution in [3.8, 4) is 0 Å². The Morgan fingerprint density at radius 3 is 2.15 bits per heavy atom. The van der Waals surface area contributed by atoms with Crippen LogP contribution in [0.3, 0.4) is 0 Å². The standard InChI is InChI=1S/C16H16O4/c1-3-6-11-8-5-9-12(13(11)7-4-2)10-14(15(17)18)16(19)20/h3-5,8-10H,1-2,6-7H2,(H,17,18)(H,19,20). The molecule has 0 radical (unpaired) electrons. The predicted octanol–water partition coefficient (Wildman–Crippen LogP) is 2.70. The molecule has 0 bridgehead atoms. The summed E-state index contributed by atoms with van der Waals surface area (Å²) in [4.78, 5) is 21.9. The lowest BCUT2D eigenvalue weighted by Crippen LogP contribution is -2.11. The van der Waals surface area contributed by atoms with Gasteiger partial charge < -0.3 is 10.2 Å². The van der Waals surface area contributed by atoms with Crippen LogP contribution in [0.15, 0.2) is 49.1 Å². The number of allylic oxidation sites excluding steroid dienone is 2. The van der Waals surface area contributed by atoms with E-state index in [0.29, 0.717) is 18.4 Å². The van der Waals surface area contributed by atoms with Crippen LogP contribution in [0.5, 0.6) is 0 Å². The van der Waals surface area contributed by atoms with Crippen molar-refractivity contribution in [1.29, 1.82) is 0 Å². The van der Waals surface area contributed by atoms with Crippen molar-refractivity contribution >= 4 is 18.0 Å². The molecule has 0 saturated heterocycles. The zero-order valence-corrected chi connectivity index (χ0v) is 11.0. The highest BCUT2D eigenvalue weighted by Gasteiger charge is 2.17. The molecule has 0 unspecified atom stereocenters. The van der Waals surface area contributed by atoms with Crippen LogP contribution in [0.25, 0.3) is 6.08 Å². The van der Waals surface area contributed by atoms with Crippen molar-refractivity contribution in [1.82, 2.24) is 0 Å². The molecule has 20 heavy (non-hydrogen) atoms. The van der Waals surface area contributed by atoms with E-state index in [-0.39, 0.29) is 0 Å². The highest BCUT2D eigenvalue weighted by molar-refractivity contribution is 6.16. The van der Waals surface area contributed by atoms with Gasteiger partial charge in [0.1, 0.15) is 5.57 Å². The molecular weight excluding hydrogens is 256 g/mol. The van der Waals surface area contributed by atoms with Crippen molar-refractivity contribution in [2.24, 2.45) is 0 Å². The van der Waals surface area contributed by atoms with Gasteiger partial charge in [-0.2, -0.15) is 0 Å². The van der Waals surface area contributed by atoms with Gasteiger partial charge in [0.25, 0.3) is 0 Å². The van der Waals surface area contributed by atoms with E-state index in [4.69, 9.17) is 10.2 Å². The minimum Gasteiger partial charge on any atom is -0.477 e. The van der Waals surface area contributed by atoms with Crippen molar-refractivity contribution < 1.29 is 19.8 Å². The average Bonchev–Trinajstić information content (AvgIpc) is 2.38. The molecule has 0 heterocycles. The van der Waals surface area contributed by atoms with Crippen molar-refractivity contribution in [3.63, 3.8) is 0 Å². The van der Waals surface area contributed by atoms with Crippen LogP contribution in [-0.2, 0) is 22.4 Å². The number of aliphatic carboxylic acids is 2. The maximum Gasteiger partial charge on any atom is 0.343 e. The van der Waals surface area contributed by atoms with Crippen LogP contribution in [0.2, 0.25) is 0 Å². The molecule has 1 aromatic carbocycles. The van der Waals surface area contributed by atoms with Gasteiger partial charge in [-0.3, -0.25) is 0 Å². The molecule has 0 aliphatic heterocycles. The number of carboxylic acids is 2. The Morgan fingerprint density at radius 2 is 1.65 bits per heavy atom. The van der Waals surface area contributed by atoms with E-state index in [0.717, 1.165) is 11.1 Å². The Balaban J connectivity index is 3.42. The number of rotatable bonds is 7. The van der Waals surface area contributed by atoms with E-state index in [1.807, 2.05) is 6.07 Å². The van der Waals surface area contributed by atoms with Crippen LogP contribution >= 0.6 is 0 Å². The number of hydrogen-bond acceptors (Lipinski definition) is 2. The highest BCUT2D eigenvalue weighted by Crippen LogP contribution is 2.20. The van der Waals surface area contributed by atoms with Crippen LogP contribution in [-0.4, -0.2) is 22.2 Å². The number of benzene rings is 1. The van der Waals surface area contributed by atoms with Crippen molar-refractivity contribution in [2.75, 3.05) is 0 Å². The summed E-state index contributed by atoms with van der Waals surface area (Å²) in [7, 11) is 0. The Bertz CT molecular complexity index is 566. The topological polar surface area (TPSA) is 74.6 Å². The normalized spacial score (nSPS) is 9.60. The molecule has 0 aliphatic carbocycles. The van der Waals surface area contributed by atoms with Crippen molar-refractivity contribution in [3.05, 3.63) is 65.8 Å². The molecule has 1 aromatic rings. The van der Waals surface area contributed by atoms with Gasteiger partial charge in [-0.1, -0.05) is 30.4 Å². The van der Waals surface area contributed by atoms with Gasteiger partial charge in [0.05, 0.1) is 0 Å². The van der Waals surface area contributed by atoms with E-state index >= 15 is 0 Å². The molecule has 0 aromatic heterocycles. The third kappa shape index (κ3) is 3.68. The van der Waals surface area contributed by atoms with Crippen LogP contribution < -0.4 is 0 Å². The van der Waals surface area contributed by atoms with Crippen LogP contribution in [0.1, 0.15) is 16.7 Å². The Kier molecular flexibility index (Phi) is 5.47. The van der Waals surface area contributed by atoms with Gasteiger partial charge in [0.2, 0.25) is 0 Å². The van der Waals surface area contributed by atoms with Gasteiger partial charge >= 0.3 is 11.9 Å². The zero-order valence-electron chi connectivity index (χ0n) is 11.0. The Hall–Kier alpha value is -2.62. The molecule has 0 aliphatic rings. The second-order valence-electron chi connectivity index (χ2n) is 4.14. The lowest BCUT2D eigenvalue weighted by atomic mass is 9.95. The summed E-state index contributed by atoms with van der Waals surface area (Å²) in [5.74, 6) is -2.92. The van der Waals surface area contributed by atoms with Gasteiger partial charge in [-0.25, -0.2) is 9.59 Å². The summed E-state index contributed by atoms with van der Waals surface area (Å²) in [5.41, 5.74) is 1.75. The van der Waals surface area contributed by atoms with Crippen LogP contribution in [0.4, 0.5) is 0 Å². The maximum atomic E-state index is 10.9.